The largest absolute Gasteiger partial charge is 0.393 e. The number of aliphatic hydroxyl groups is 1. The highest BCUT2D eigenvalue weighted by Crippen LogP contribution is 2.20. The van der Waals surface area contributed by atoms with Gasteiger partial charge in [0.05, 0.1) is 12.2 Å². The Hall–Kier alpha value is -0.610. The zero-order chi connectivity index (χ0) is 13.4. The maximum absolute atomic E-state index is 11.8. The number of aliphatic hydroxyl groups excluding tert-OH is 1. The molecule has 1 saturated carbocycles. The number of carbonyl (C=O) groups excluding carboxylic acids is 1. The maximum Gasteiger partial charge on any atom is 0.248 e. The van der Waals surface area contributed by atoms with Crippen LogP contribution in [0.15, 0.2) is 0 Å². The molecule has 18 heavy (non-hydrogen) atoms. The van der Waals surface area contributed by atoms with Gasteiger partial charge in [-0.3, -0.25) is 4.79 Å². The molecule has 106 valence electrons. The first-order valence-electron chi connectivity index (χ1n) is 7.21. The molecule has 0 aliphatic heterocycles. The van der Waals surface area contributed by atoms with Gasteiger partial charge in [0.25, 0.3) is 0 Å². The van der Waals surface area contributed by atoms with E-state index in [1.54, 1.807) is 6.92 Å². The quantitative estimate of drug-likeness (QED) is 0.716. The smallest absolute Gasteiger partial charge is 0.248 e. The molecule has 1 fully saturated rings. The minimum absolute atomic E-state index is 0.0695. The molecule has 0 aromatic heterocycles. The van der Waals surface area contributed by atoms with E-state index in [1.165, 1.54) is 25.7 Å². The lowest BCUT2D eigenvalue weighted by molar-refractivity contribution is -0.135. The number of rotatable bonds is 6. The van der Waals surface area contributed by atoms with Gasteiger partial charge in [-0.1, -0.05) is 25.7 Å². The first-order chi connectivity index (χ1) is 8.59. The Bertz CT molecular complexity index is 235. The summed E-state index contributed by atoms with van der Waals surface area (Å²) in [5.41, 5.74) is 0. The monoisotopic (exact) mass is 257 g/mol. The minimum Gasteiger partial charge on any atom is -0.393 e. The van der Waals surface area contributed by atoms with Gasteiger partial charge in [-0.2, -0.15) is 0 Å². The van der Waals surface area contributed by atoms with Crippen molar-refractivity contribution in [1.82, 2.24) is 5.32 Å². The van der Waals surface area contributed by atoms with Crippen molar-refractivity contribution in [3.8, 4) is 0 Å². The van der Waals surface area contributed by atoms with Gasteiger partial charge in [0.15, 0.2) is 0 Å². The van der Waals surface area contributed by atoms with Gasteiger partial charge in [0.2, 0.25) is 5.91 Å². The molecule has 0 aromatic carbocycles. The minimum atomic E-state index is -0.387. The van der Waals surface area contributed by atoms with Crippen molar-refractivity contribution in [2.24, 2.45) is 0 Å². The molecule has 0 bridgehead atoms. The summed E-state index contributed by atoms with van der Waals surface area (Å²) in [5, 5.41) is 11.9. The molecule has 1 aliphatic rings. The van der Waals surface area contributed by atoms with E-state index in [9.17, 15) is 4.79 Å². The molecule has 4 heteroatoms. The number of ether oxygens (including phenoxy) is 1. The third kappa shape index (κ3) is 6.36. The standard InChI is InChI=1S/C14H27NO3/c1-11(16)9-10-15-14(17)12(2)18-13-7-5-3-4-6-8-13/h11-13,16H,3-10H2,1-2H3,(H,15,17). The fourth-order valence-corrected chi connectivity index (χ4v) is 2.28. The number of hydrogen-bond acceptors (Lipinski definition) is 3. The second-order valence-corrected chi connectivity index (χ2v) is 5.32. The Morgan fingerprint density at radius 3 is 2.44 bits per heavy atom. The number of hydrogen-bond donors (Lipinski definition) is 2. The van der Waals surface area contributed by atoms with Crippen molar-refractivity contribution in [2.45, 2.75) is 77.1 Å². The van der Waals surface area contributed by atoms with Gasteiger partial charge in [0, 0.05) is 6.54 Å². The van der Waals surface area contributed by atoms with Crippen LogP contribution in [0.2, 0.25) is 0 Å². The summed E-state index contributed by atoms with van der Waals surface area (Å²) in [6, 6.07) is 0. The highest BCUT2D eigenvalue weighted by molar-refractivity contribution is 5.80. The van der Waals surface area contributed by atoms with Crippen LogP contribution >= 0.6 is 0 Å². The molecule has 0 spiro atoms. The molecule has 4 nitrogen and oxygen atoms in total. The van der Waals surface area contributed by atoms with Gasteiger partial charge in [0.1, 0.15) is 6.10 Å². The number of carbonyl (C=O) groups is 1. The molecule has 0 radical (unpaired) electrons. The Balaban J connectivity index is 2.21. The Labute approximate surface area is 110 Å². The summed E-state index contributed by atoms with van der Waals surface area (Å²) in [6.45, 7) is 4.04. The predicted molar refractivity (Wildman–Crippen MR) is 71.3 cm³/mol. The Morgan fingerprint density at radius 2 is 1.89 bits per heavy atom. The molecule has 0 aromatic rings. The topological polar surface area (TPSA) is 58.6 Å². The average Bonchev–Trinajstić information content (AvgIpc) is 2.57. The van der Waals surface area contributed by atoms with Gasteiger partial charge < -0.3 is 15.2 Å². The van der Waals surface area contributed by atoms with Gasteiger partial charge in [-0.15, -0.1) is 0 Å². The van der Waals surface area contributed by atoms with Gasteiger partial charge >= 0.3 is 0 Å². The SMILES string of the molecule is CC(O)CCNC(=O)C(C)OC1CCCCCC1. The van der Waals surface area contributed by atoms with Crippen molar-refractivity contribution < 1.29 is 14.6 Å². The summed E-state index contributed by atoms with van der Waals surface area (Å²) in [4.78, 5) is 11.8. The van der Waals surface area contributed by atoms with Crippen molar-refractivity contribution >= 4 is 5.91 Å². The molecular formula is C14H27NO3. The number of amides is 1. The van der Waals surface area contributed by atoms with E-state index in [2.05, 4.69) is 5.32 Å². The van der Waals surface area contributed by atoms with Crippen molar-refractivity contribution in [2.75, 3.05) is 6.54 Å². The zero-order valence-corrected chi connectivity index (χ0v) is 11.7. The van der Waals surface area contributed by atoms with Crippen LogP contribution in [0.5, 0.6) is 0 Å². The summed E-state index contributed by atoms with van der Waals surface area (Å²) < 4.78 is 5.82. The lowest BCUT2D eigenvalue weighted by Crippen LogP contribution is -2.37. The van der Waals surface area contributed by atoms with E-state index in [0.29, 0.717) is 13.0 Å². The van der Waals surface area contributed by atoms with E-state index in [-0.39, 0.29) is 24.2 Å². The van der Waals surface area contributed by atoms with Crippen molar-refractivity contribution in [3.05, 3.63) is 0 Å². The summed E-state index contributed by atoms with van der Waals surface area (Å²) in [7, 11) is 0. The second kappa shape index (κ2) is 8.48. The van der Waals surface area contributed by atoms with Crippen molar-refractivity contribution in [1.29, 1.82) is 0 Å². The van der Waals surface area contributed by atoms with Crippen LogP contribution in [-0.2, 0) is 9.53 Å². The van der Waals surface area contributed by atoms with E-state index in [4.69, 9.17) is 9.84 Å². The zero-order valence-electron chi connectivity index (χ0n) is 11.7. The third-order valence-corrected chi connectivity index (χ3v) is 3.43. The maximum atomic E-state index is 11.8. The molecule has 1 amide bonds. The summed E-state index contributed by atoms with van der Waals surface area (Å²) >= 11 is 0. The average molecular weight is 257 g/mol. The molecule has 1 aliphatic carbocycles. The lowest BCUT2D eigenvalue weighted by Gasteiger charge is -2.20. The van der Waals surface area contributed by atoms with Crippen LogP contribution in [0, 0.1) is 0 Å². The van der Waals surface area contributed by atoms with Gasteiger partial charge in [-0.25, -0.2) is 0 Å². The fourth-order valence-electron chi connectivity index (χ4n) is 2.28. The van der Waals surface area contributed by atoms with E-state index < -0.39 is 0 Å². The summed E-state index contributed by atoms with van der Waals surface area (Å²) in [5.74, 6) is -0.0695. The van der Waals surface area contributed by atoms with Crippen LogP contribution in [0.4, 0.5) is 0 Å². The van der Waals surface area contributed by atoms with Crippen LogP contribution in [0.3, 0.4) is 0 Å². The predicted octanol–water partition coefficient (Wildman–Crippen LogP) is 2.00. The van der Waals surface area contributed by atoms with Crippen LogP contribution in [0.1, 0.15) is 58.8 Å². The third-order valence-electron chi connectivity index (χ3n) is 3.43. The van der Waals surface area contributed by atoms with Crippen LogP contribution in [0.25, 0.3) is 0 Å². The molecule has 1 rings (SSSR count). The highest BCUT2D eigenvalue weighted by atomic mass is 16.5. The molecule has 0 heterocycles. The van der Waals surface area contributed by atoms with Gasteiger partial charge in [-0.05, 0) is 33.1 Å². The molecule has 2 N–H and O–H groups in total. The van der Waals surface area contributed by atoms with E-state index in [1.807, 2.05) is 6.92 Å². The molecule has 0 saturated heterocycles. The van der Waals surface area contributed by atoms with E-state index >= 15 is 0 Å². The molecule has 2 atom stereocenters. The number of nitrogens with one attached hydrogen (secondary N) is 1. The van der Waals surface area contributed by atoms with Crippen LogP contribution < -0.4 is 5.32 Å². The van der Waals surface area contributed by atoms with E-state index in [0.717, 1.165) is 12.8 Å². The van der Waals surface area contributed by atoms with Crippen LogP contribution in [-0.4, -0.2) is 35.9 Å². The first kappa shape index (κ1) is 15.4. The Morgan fingerprint density at radius 1 is 1.28 bits per heavy atom. The fraction of sp³-hybridized carbons (Fsp3) is 0.929. The Kier molecular flexibility index (Phi) is 7.28. The van der Waals surface area contributed by atoms with Crippen molar-refractivity contribution in [3.63, 3.8) is 0 Å². The molecule has 2 unspecified atom stereocenters. The molecular weight excluding hydrogens is 230 g/mol. The lowest BCUT2D eigenvalue weighted by atomic mass is 10.1. The highest BCUT2D eigenvalue weighted by Gasteiger charge is 2.20. The second-order valence-electron chi connectivity index (χ2n) is 5.32. The normalized spacial score (nSPS) is 21.1. The summed E-state index contributed by atoms with van der Waals surface area (Å²) in [6.07, 6.45) is 7.21. The first-order valence-corrected chi connectivity index (χ1v) is 7.21.